The number of para-hydroxylation sites is 2. The van der Waals surface area contributed by atoms with Gasteiger partial charge in [-0.3, -0.25) is 9.69 Å². The summed E-state index contributed by atoms with van der Waals surface area (Å²) in [6.07, 6.45) is 1.82. The summed E-state index contributed by atoms with van der Waals surface area (Å²) in [5.41, 5.74) is 2.14. The molecule has 122 valence electrons. The average Bonchev–Trinajstić information content (AvgIpc) is 2.81. The number of likely N-dealkylation sites (N-methyl/N-ethyl adjacent to an activating group) is 1. The minimum absolute atomic E-state index is 0.139. The number of anilines is 1. The molecule has 24 heavy (non-hydrogen) atoms. The van der Waals surface area contributed by atoms with Crippen LogP contribution in [0.2, 0.25) is 0 Å². The Kier molecular flexibility index (Phi) is 4.62. The molecule has 0 aromatic heterocycles. The first-order chi connectivity index (χ1) is 11.6. The zero-order valence-corrected chi connectivity index (χ0v) is 14.4. The molecule has 1 fully saturated rings. The largest absolute Gasteiger partial charge is 0.493 e. The van der Waals surface area contributed by atoms with Gasteiger partial charge < -0.3 is 9.64 Å². The third kappa shape index (κ3) is 2.90. The summed E-state index contributed by atoms with van der Waals surface area (Å²) in [5, 5.41) is 0.464. The number of nitrogens with zero attached hydrogens (tertiary/aromatic N) is 2. The van der Waals surface area contributed by atoms with E-state index in [-0.39, 0.29) is 5.91 Å². The Labute approximate surface area is 147 Å². The molecule has 4 nitrogen and oxygen atoms in total. The lowest BCUT2D eigenvalue weighted by atomic mass is 10.1. The number of carbonyl (C=O) groups is 1. The summed E-state index contributed by atoms with van der Waals surface area (Å²) in [7, 11) is 1.80. The molecule has 1 saturated heterocycles. The summed E-state index contributed by atoms with van der Waals surface area (Å²) in [6, 6.07) is 17.1. The molecule has 1 aliphatic rings. The van der Waals surface area contributed by atoms with Crippen LogP contribution in [0, 0.1) is 0 Å². The van der Waals surface area contributed by atoms with Crippen LogP contribution in [-0.2, 0) is 4.79 Å². The second-order valence-electron chi connectivity index (χ2n) is 5.32. The van der Waals surface area contributed by atoms with Crippen molar-refractivity contribution in [1.82, 2.24) is 4.90 Å². The van der Waals surface area contributed by atoms with Crippen molar-refractivity contribution < 1.29 is 9.53 Å². The number of rotatable bonds is 4. The molecule has 2 aromatic carbocycles. The van der Waals surface area contributed by atoms with Gasteiger partial charge in [0.25, 0.3) is 5.91 Å². The summed E-state index contributed by atoms with van der Waals surface area (Å²) < 4.78 is 5.64. The van der Waals surface area contributed by atoms with Crippen LogP contribution in [-0.4, -0.2) is 29.6 Å². The van der Waals surface area contributed by atoms with Gasteiger partial charge in [-0.05, 0) is 43.4 Å². The summed E-state index contributed by atoms with van der Waals surface area (Å²) in [6.45, 7) is 2.50. The van der Waals surface area contributed by atoms with Gasteiger partial charge in [0.05, 0.1) is 12.3 Å². The van der Waals surface area contributed by atoms with E-state index in [1.807, 2.05) is 67.6 Å². The van der Waals surface area contributed by atoms with Gasteiger partial charge in [-0.2, -0.15) is 0 Å². The number of thiocarbonyl (C=S) groups is 1. The molecule has 3 rings (SSSR count). The fourth-order valence-electron chi connectivity index (χ4n) is 2.60. The number of benzene rings is 2. The van der Waals surface area contributed by atoms with Crippen LogP contribution in [0.25, 0.3) is 6.08 Å². The summed E-state index contributed by atoms with van der Waals surface area (Å²) >= 11 is 5.46. The molecule has 0 bridgehead atoms. The van der Waals surface area contributed by atoms with Crippen molar-refractivity contribution in [2.45, 2.75) is 6.92 Å². The molecular weight excluding hydrogens is 320 g/mol. The van der Waals surface area contributed by atoms with E-state index in [0.29, 0.717) is 17.4 Å². The SMILES string of the molecule is CCOc1ccccc1/C=C1/C(=O)N(c2ccccc2)C(=S)N1C. The van der Waals surface area contributed by atoms with Gasteiger partial charge >= 0.3 is 0 Å². The standard InChI is InChI=1S/C19H18N2O2S/c1-3-23-17-12-8-7-9-14(17)13-16-18(22)21(19(24)20(16)2)15-10-5-4-6-11-15/h4-13H,3H2,1-2H3/b16-13-. The van der Waals surface area contributed by atoms with Crippen molar-refractivity contribution in [3.8, 4) is 5.75 Å². The van der Waals surface area contributed by atoms with Crippen LogP contribution in [0.15, 0.2) is 60.3 Å². The normalized spacial score (nSPS) is 16.2. The van der Waals surface area contributed by atoms with Crippen LogP contribution in [0.4, 0.5) is 5.69 Å². The molecule has 0 saturated carbocycles. The van der Waals surface area contributed by atoms with Gasteiger partial charge in [0.1, 0.15) is 11.4 Å². The molecule has 1 amide bonds. The average molecular weight is 338 g/mol. The Bertz CT molecular complexity index is 802. The molecule has 0 spiro atoms. The Balaban J connectivity index is 2.00. The van der Waals surface area contributed by atoms with Crippen LogP contribution in [0.5, 0.6) is 5.75 Å². The molecular formula is C19H18N2O2S. The third-order valence-electron chi connectivity index (χ3n) is 3.79. The summed E-state index contributed by atoms with van der Waals surface area (Å²) in [5.74, 6) is 0.609. The first-order valence-corrected chi connectivity index (χ1v) is 8.15. The first kappa shape index (κ1) is 16.2. The van der Waals surface area contributed by atoms with Gasteiger partial charge in [-0.15, -0.1) is 0 Å². The number of hydrogen-bond donors (Lipinski definition) is 0. The van der Waals surface area contributed by atoms with E-state index < -0.39 is 0 Å². The van der Waals surface area contributed by atoms with Crippen molar-refractivity contribution >= 4 is 35.0 Å². The highest BCUT2D eigenvalue weighted by Crippen LogP contribution is 2.29. The van der Waals surface area contributed by atoms with E-state index in [1.165, 1.54) is 0 Å². The maximum Gasteiger partial charge on any atom is 0.281 e. The lowest BCUT2D eigenvalue weighted by Gasteiger charge is -2.16. The highest BCUT2D eigenvalue weighted by Gasteiger charge is 2.36. The number of amides is 1. The Morgan fingerprint density at radius 1 is 1.08 bits per heavy atom. The maximum atomic E-state index is 12.9. The van der Waals surface area contributed by atoms with E-state index in [4.69, 9.17) is 17.0 Å². The maximum absolute atomic E-state index is 12.9. The molecule has 1 heterocycles. The van der Waals surface area contributed by atoms with Crippen LogP contribution < -0.4 is 9.64 Å². The molecule has 0 aliphatic carbocycles. The molecule has 2 aromatic rings. The Hall–Kier alpha value is -2.66. The quantitative estimate of drug-likeness (QED) is 0.629. The van der Waals surface area contributed by atoms with Gasteiger partial charge in [0.2, 0.25) is 0 Å². The highest BCUT2D eigenvalue weighted by molar-refractivity contribution is 7.80. The first-order valence-electron chi connectivity index (χ1n) is 7.74. The van der Waals surface area contributed by atoms with Gasteiger partial charge in [-0.25, -0.2) is 0 Å². The lowest BCUT2D eigenvalue weighted by molar-refractivity contribution is -0.114. The second kappa shape index (κ2) is 6.84. The second-order valence-corrected chi connectivity index (χ2v) is 5.68. The van der Waals surface area contributed by atoms with Crippen molar-refractivity contribution in [1.29, 1.82) is 0 Å². The van der Waals surface area contributed by atoms with E-state index in [2.05, 4.69) is 0 Å². The van der Waals surface area contributed by atoms with Crippen LogP contribution in [0.1, 0.15) is 12.5 Å². The number of carbonyl (C=O) groups excluding carboxylic acids is 1. The number of ether oxygens (including phenoxy) is 1. The highest BCUT2D eigenvalue weighted by atomic mass is 32.1. The van der Waals surface area contributed by atoms with E-state index in [1.54, 1.807) is 16.8 Å². The fourth-order valence-corrected chi connectivity index (χ4v) is 2.88. The van der Waals surface area contributed by atoms with Gasteiger partial charge in [0.15, 0.2) is 5.11 Å². The molecule has 0 N–H and O–H groups in total. The molecule has 0 atom stereocenters. The number of hydrogen-bond acceptors (Lipinski definition) is 3. The van der Waals surface area contributed by atoms with Gasteiger partial charge in [0, 0.05) is 12.6 Å². The predicted molar refractivity (Wildman–Crippen MR) is 99.9 cm³/mol. The van der Waals surface area contributed by atoms with Crippen LogP contribution >= 0.6 is 12.2 Å². The predicted octanol–water partition coefficient (Wildman–Crippen LogP) is 3.69. The van der Waals surface area contributed by atoms with Crippen molar-refractivity contribution in [3.63, 3.8) is 0 Å². The zero-order chi connectivity index (χ0) is 17.1. The molecule has 1 aliphatic heterocycles. The van der Waals surface area contributed by atoms with Crippen LogP contribution in [0.3, 0.4) is 0 Å². The lowest BCUT2D eigenvalue weighted by Crippen LogP contribution is -2.30. The van der Waals surface area contributed by atoms with Gasteiger partial charge in [-0.1, -0.05) is 36.4 Å². The van der Waals surface area contributed by atoms with Crippen molar-refractivity contribution in [3.05, 3.63) is 65.9 Å². The minimum Gasteiger partial charge on any atom is -0.493 e. The fraction of sp³-hybridized carbons (Fsp3) is 0.158. The van der Waals surface area contributed by atoms with E-state index in [9.17, 15) is 4.79 Å². The zero-order valence-electron chi connectivity index (χ0n) is 13.6. The molecule has 5 heteroatoms. The third-order valence-corrected chi connectivity index (χ3v) is 4.24. The van der Waals surface area contributed by atoms with Crippen molar-refractivity contribution in [2.24, 2.45) is 0 Å². The minimum atomic E-state index is -0.139. The van der Waals surface area contributed by atoms with E-state index in [0.717, 1.165) is 17.0 Å². The molecule has 0 radical (unpaired) electrons. The Morgan fingerprint density at radius 2 is 1.75 bits per heavy atom. The van der Waals surface area contributed by atoms with E-state index >= 15 is 0 Å². The summed E-state index contributed by atoms with van der Waals surface area (Å²) in [4.78, 5) is 16.2. The molecule has 0 unspecified atom stereocenters. The van der Waals surface area contributed by atoms with Crippen molar-refractivity contribution in [2.75, 3.05) is 18.6 Å². The topological polar surface area (TPSA) is 32.8 Å². The smallest absolute Gasteiger partial charge is 0.281 e. The monoisotopic (exact) mass is 338 g/mol. The Morgan fingerprint density at radius 3 is 2.46 bits per heavy atom.